The number of benzene rings is 2. The fraction of sp³-hybridized carbons (Fsp3) is 0.320. The molecule has 1 atom stereocenters. The predicted octanol–water partition coefficient (Wildman–Crippen LogP) is 5.50. The lowest BCUT2D eigenvalue weighted by Gasteiger charge is -2.33. The van der Waals surface area contributed by atoms with E-state index < -0.39 is 11.7 Å². The number of carbonyl (C=O) groups excluding carboxylic acids is 1. The molecule has 0 bridgehead atoms. The molecule has 5 nitrogen and oxygen atoms in total. The summed E-state index contributed by atoms with van der Waals surface area (Å²) in [6.45, 7) is 7.85. The molecule has 0 saturated carbocycles. The maximum atomic E-state index is 12.9. The summed E-state index contributed by atoms with van der Waals surface area (Å²) in [6, 6.07) is 6.77. The van der Waals surface area contributed by atoms with Crippen molar-refractivity contribution < 1.29 is 24.5 Å². The van der Waals surface area contributed by atoms with Gasteiger partial charge in [0.1, 0.15) is 40.3 Å². The first-order valence-corrected chi connectivity index (χ1v) is 10.1. The predicted molar refractivity (Wildman–Crippen MR) is 115 cm³/mol. The zero-order valence-electron chi connectivity index (χ0n) is 17.7. The van der Waals surface area contributed by atoms with Crippen LogP contribution in [-0.2, 0) is 6.42 Å². The minimum absolute atomic E-state index is 0.113. The number of phenolic OH excluding ortho intramolecular Hbond substituents is 2. The monoisotopic (exact) mass is 406 g/mol. The molecule has 30 heavy (non-hydrogen) atoms. The van der Waals surface area contributed by atoms with Gasteiger partial charge in [-0.25, -0.2) is 0 Å². The van der Waals surface area contributed by atoms with Gasteiger partial charge in [-0.3, -0.25) is 4.79 Å². The molecule has 156 valence electrons. The standard InChI is InChI=1S/C25H26O5/c1-14(2)5-6-15-11-16(7-8-18(15)26)21-12-19(27)23-20(28)13-22-17(24(23)29-21)9-10-25(3,4)30-22/h5,7-11,13,21,26,28H,6,12H2,1-4H3/t21-/m1/s1. The number of hydrogen-bond donors (Lipinski definition) is 2. The number of phenols is 2. The van der Waals surface area contributed by atoms with Crippen molar-refractivity contribution in [1.29, 1.82) is 0 Å². The van der Waals surface area contributed by atoms with Gasteiger partial charge in [-0.05, 0) is 69.5 Å². The summed E-state index contributed by atoms with van der Waals surface area (Å²) in [5.74, 6) is 0.735. The van der Waals surface area contributed by atoms with E-state index in [1.165, 1.54) is 6.07 Å². The van der Waals surface area contributed by atoms with Crippen LogP contribution in [0, 0.1) is 0 Å². The Hall–Kier alpha value is -3.21. The van der Waals surface area contributed by atoms with Crippen LogP contribution in [-0.4, -0.2) is 21.6 Å². The first kappa shape index (κ1) is 20.1. The molecule has 0 saturated heterocycles. The van der Waals surface area contributed by atoms with E-state index in [1.54, 1.807) is 12.1 Å². The second-order valence-corrected chi connectivity index (χ2v) is 8.66. The van der Waals surface area contributed by atoms with E-state index in [0.717, 1.165) is 16.7 Å². The lowest BCUT2D eigenvalue weighted by atomic mass is 9.91. The molecule has 0 aliphatic carbocycles. The van der Waals surface area contributed by atoms with Crippen molar-refractivity contribution in [2.75, 3.05) is 0 Å². The Bertz CT molecular complexity index is 1090. The lowest BCUT2D eigenvalue weighted by molar-refractivity contribution is 0.0841. The maximum absolute atomic E-state index is 12.9. The molecule has 0 spiro atoms. The molecule has 2 heterocycles. The molecule has 2 aromatic rings. The normalized spacial score (nSPS) is 18.7. The van der Waals surface area contributed by atoms with E-state index >= 15 is 0 Å². The number of hydrogen-bond acceptors (Lipinski definition) is 5. The molecule has 2 aromatic carbocycles. The van der Waals surface area contributed by atoms with Crippen molar-refractivity contribution in [2.45, 2.75) is 52.2 Å². The van der Waals surface area contributed by atoms with Crippen LogP contribution in [0.25, 0.3) is 6.08 Å². The molecular formula is C25H26O5. The third-order valence-corrected chi connectivity index (χ3v) is 5.40. The number of rotatable bonds is 3. The number of ether oxygens (including phenoxy) is 2. The minimum atomic E-state index is -0.511. The van der Waals surface area contributed by atoms with Gasteiger partial charge < -0.3 is 19.7 Å². The van der Waals surface area contributed by atoms with Crippen molar-refractivity contribution in [3.63, 3.8) is 0 Å². The molecule has 0 fully saturated rings. The Morgan fingerprint density at radius 1 is 1.20 bits per heavy atom. The lowest BCUT2D eigenvalue weighted by Crippen LogP contribution is -2.29. The van der Waals surface area contributed by atoms with Gasteiger partial charge in [0, 0.05) is 6.07 Å². The molecule has 5 heteroatoms. The van der Waals surface area contributed by atoms with E-state index in [-0.39, 0.29) is 29.3 Å². The summed E-state index contributed by atoms with van der Waals surface area (Å²) in [5, 5.41) is 20.7. The average molecular weight is 406 g/mol. The van der Waals surface area contributed by atoms with Crippen molar-refractivity contribution in [1.82, 2.24) is 0 Å². The third-order valence-electron chi connectivity index (χ3n) is 5.40. The first-order chi connectivity index (χ1) is 14.1. The third kappa shape index (κ3) is 3.67. The molecule has 0 aromatic heterocycles. The van der Waals surface area contributed by atoms with Gasteiger partial charge >= 0.3 is 0 Å². The van der Waals surface area contributed by atoms with Crippen LogP contribution in [0.4, 0.5) is 0 Å². The van der Waals surface area contributed by atoms with Crippen LogP contribution < -0.4 is 9.47 Å². The summed E-state index contributed by atoms with van der Waals surface area (Å²) >= 11 is 0. The molecule has 0 unspecified atom stereocenters. The van der Waals surface area contributed by atoms with E-state index in [0.29, 0.717) is 23.5 Å². The number of allylic oxidation sites excluding steroid dienone is 2. The van der Waals surface area contributed by atoms with E-state index in [1.807, 2.05) is 52.0 Å². The second kappa shape index (κ2) is 7.24. The molecule has 0 amide bonds. The smallest absolute Gasteiger partial charge is 0.174 e. The number of fused-ring (bicyclic) bond motifs is 3. The van der Waals surface area contributed by atoms with Crippen LogP contribution in [0.15, 0.2) is 42.0 Å². The average Bonchev–Trinajstić information content (AvgIpc) is 2.65. The van der Waals surface area contributed by atoms with Crippen molar-refractivity contribution >= 4 is 11.9 Å². The van der Waals surface area contributed by atoms with Crippen LogP contribution in [0.5, 0.6) is 23.0 Å². The summed E-state index contributed by atoms with van der Waals surface area (Å²) in [6.07, 6.45) is 6.03. The van der Waals surface area contributed by atoms with Gasteiger partial charge in [-0.15, -0.1) is 0 Å². The van der Waals surface area contributed by atoms with Crippen LogP contribution >= 0.6 is 0 Å². The Labute approximate surface area is 176 Å². The number of Topliss-reactive ketones (excluding diaryl/α,β-unsaturated/α-hetero) is 1. The van der Waals surface area contributed by atoms with Gasteiger partial charge in [0.2, 0.25) is 0 Å². The van der Waals surface area contributed by atoms with Gasteiger partial charge in [-0.2, -0.15) is 0 Å². The zero-order valence-corrected chi connectivity index (χ0v) is 17.7. The Kier molecular flexibility index (Phi) is 4.85. The summed E-state index contributed by atoms with van der Waals surface area (Å²) in [5.41, 5.74) is 3.09. The Morgan fingerprint density at radius 3 is 2.70 bits per heavy atom. The maximum Gasteiger partial charge on any atom is 0.174 e. The van der Waals surface area contributed by atoms with Gasteiger partial charge in [0.05, 0.1) is 12.0 Å². The minimum Gasteiger partial charge on any atom is -0.508 e. The van der Waals surface area contributed by atoms with Crippen LogP contribution in [0.2, 0.25) is 0 Å². The molecule has 2 aliphatic rings. The molecule has 2 N–H and O–H groups in total. The van der Waals surface area contributed by atoms with Gasteiger partial charge in [-0.1, -0.05) is 17.7 Å². The number of ketones is 1. The topological polar surface area (TPSA) is 76.0 Å². The van der Waals surface area contributed by atoms with Crippen molar-refractivity contribution in [3.8, 4) is 23.0 Å². The Balaban J connectivity index is 1.74. The Morgan fingerprint density at radius 2 is 1.97 bits per heavy atom. The molecular weight excluding hydrogens is 380 g/mol. The highest BCUT2D eigenvalue weighted by atomic mass is 16.5. The van der Waals surface area contributed by atoms with Crippen LogP contribution in [0.3, 0.4) is 0 Å². The molecule has 0 radical (unpaired) electrons. The summed E-state index contributed by atoms with van der Waals surface area (Å²) in [4.78, 5) is 12.9. The van der Waals surface area contributed by atoms with Crippen LogP contribution in [0.1, 0.15) is 67.3 Å². The SMILES string of the molecule is CC(C)=CCc1cc([C@H]2CC(=O)c3c(O)cc4c(c3O2)C=CC(C)(C)O4)ccc1O. The highest BCUT2D eigenvalue weighted by molar-refractivity contribution is 6.04. The number of carbonyl (C=O) groups is 1. The van der Waals surface area contributed by atoms with E-state index in [2.05, 4.69) is 0 Å². The van der Waals surface area contributed by atoms with Crippen molar-refractivity contribution in [2.24, 2.45) is 0 Å². The quantitative estimate of drug-likeness (QED) is 0.659. The molecule has 4 rings (SSSR count). The highest BCUT2D eigenvalue weighted by Gasteiger charge is 2.35. The fourth-order valence-electron chi connectivity index (χ4n) is 3.80. The first-order valence-electron chi connectivity index (χ1n) is 10.1. The molecule has 2 aliphatic heterocycles. The van der Waals surface area contributed by atoms with Gasteiger partial charge in [0.25, 0.3) is 0 Å². The highest BCUT2D eigenvalue weighted by Crippen LogP contribution is 2.48. The number of aromatic hydroxyl groups is 2. The summed E-state index contributed by atoms with van der Waals surface area (Å²) in [7, 11) is 0. The zero-order chi connectivity index (χ0) is 21.6. The fourth-order valence-corrected chi connectivity index (χ4v) is 3.80. The summed E-state index contributed by atoms with van der Waals surface area (Å²) < 4.78 is 12.2. The van der Waals surface area contributed by atoms with E-state index in [4.69, 9.17) is 9.47 Å². The van der Waals surface area contributed by atoms with Gasteiger partial charge in [0.15, 0.2) is 5.78 Å². The van der Waals surface area contributed by atoms with Crippen molar-refractivity contribution in [3.05, 3.63) is 64.2 Å². The second-order valence-electron chi connectivity index (χ2n) is 8.66. The largest absolute Gasteiger partial charge is 0.508 e. The van der Waals surface area contributed by atoms with E-state index in [9.17, 15) is 15.0 Å².